The van der Waals surface area contributed by atoms with Crippen LogP contribution in [0, 0.1) is 0 Å². The zero-order chi connectivity index (χ0) is 16.2. The van der Waals surface area contributed by atoms with Gasteiger partial charge in [0.2, 0.25) is 0 Å². The standard InChI is InChI=1S/C13H14F3N5O.HI/c1-21-8-9(7-19-21)6-18-12(17)20-10-2-4-11(5-3-10)22-13(14,15)16;/h2-5,7-8H,6H2,1H3,(H3,17,18,20);1H. The molecule has 2 rings (SSSR count). The number of anilines is 1. The van der Waals surface area contributed by atoms with E-state index in [1.54, 1.807) is 24.1 Å². The maximum Gasteiger partial charge on any atom is 0.573 e. The molecule has 0 saturated carbocycles. The number of alkyl halides is 3. The van der Waals surface area contributed by atoms with Crippen LogP contribution in [0.4, 0.5) is 18.9 Å². The van der Waals surface area contributed by atoms with Crippen molar-refractivity contribution >= 4 is 35.6 Å². The van der Waals surface area contributed by atoms with Crippen molar-refractivity contribution in [2.24, 2.45) is 17.8 Å². The third-order valence-corrected chi connectivity index (χ3v) is 2.55. The van der Waals surface area contributed by atoms with E-state index in [9.17, 15) is 13.2 Å². The van der Waals surface area contributed by atoms with Crippen molar-refractivity contribution in [3.63, 3.8) is 0 Å². The van der Waals surface area contributed by atoms with Gasteiger partial charge in [-0.3, -0.25) is 4.68 Å². The number of nitrogens with one attached hydrogen (secondary N) is 1. The molecule has 0 bridgehead atoms. The van der Waals surface area contributed by atoms with E-state index in [1.807, 2.05) is 0 Å². The molecule has 1 heterocycles. The maximum atomic E-state index is 12.0. The van der Waals surface area contributed by atoms with Crippen LogP contribution in [0.5, 0.6) is 5.75 Å². The summed E-state index contributed by atoms with van der Waals surface area (Å²) in [6.07, 6.45) is -1.24. The number of aliphatic imine (C=N–C) groups is 1. The molecular formula is C13H15F3IN5O. The summed E-state index contributed by atoms with van der Waals surface area (Å²) in [6, 6.07) is 5.19. The third kappa shape index (κ3) is 6.76. The molecule has 126 valence electrons. The van der Waals surface area contributed by atoms with Crippen molar-refractivity contribution in [3.05, 3.63) is 42.2 Å². The highest BCUT2D eigenvalue weighted by molar-refractivity contribution is 14.0. The van der Waals surface area contributed by atoms with E-state index >= 15 is 0 Å². The van der Waals surface area contributed by atoms with Crippen molar-refractivity contribution in [1.82, 2.24) is 9.78 Å². The number of nitrogens with two attached hydrogens (primary N) is 1. The van der Waals surface area contributed by atoms with E-state index in [4.69, 9.17) is 5.73 Å². The molecule has 0 aliphatic heterocycles. The smallest absolute Gasteiger partial charge is 0.406 e. The number of halogens is 4. The molecule has 1 aromatic carbocycles. The van der Waals surface area contributed by atoms with Gasteiger partial charge < -0.3 is 15.8 Å². The zero-order valence-electron chi connectivity index (χ0n) is 12.0. The Kier molecular flexibility index (Phi) is 6.66. The van der Waals surface area contributed by atoms with Gasteiger partial charge in [0, 0.05) is 24.5 Å². The Morgan fingerprint density at radius 1 is 1.35 bits per heavy atom. The Morgan fingerprint density at radius 2 is 2.00 bits per heavy atom. The van der Waals surface area contributed by atoms with Crippen LogP contribution in [-0.4, -0.2) is 22.1 Å². The van der Waals surface area contributed by atoms with Crippen LogP contribution < -0.4 is 15.8 Å². The monoisotopic (exact) mass is 441 g/mol. The Hall–Kier alpha value is -1.98. The zero-order valence-corrected chi connectivity index (χ0v) is 14.4. The van der Waals surface area contributed by atoms with E-state index in [0.29, 0.717) is 12.2 Å². The van der Waals surface area contributed by atoms with Gasteiger partial charge in [-0.25, -0.2) is 4.99 Å². The molecule has 3 N–H and O–H groups in total. The van der Waals surface area contributed by atoms with Gasteiger partial charge in [0.05, 0.1) is 12.7 Å². The Labute approximate surface area is 147 Å². The minimum Gasteiger partial charge on any atom is -0.406 e. The van der Waals surface area contributed by atoms with Crippen LogP contribution >= 0.6 is 24.0 Å². The van der Waals surface area contributed by atoms with E-state index < -0.39 is 6.36 Å². The maximum absolute atomic E-state index is 12.0. The number of hydrogen-bond acceptors (Lipinski definition) is 3. The van der Waals surface area contributed by atoms with Gasteiger partial charge in [-0.2, -0.15) is 5.10 Å². The second-order valence-electron chi connectivity index (χ2n) is 4.42. The normalized spacial score (nSPS) is 11.7. The molecule has 0 atom stereocenters. The molecule has 0 radical (unpaired) electrons. The quantitative estimate of drug-likeness (QED) is 0.435. The Bertz CT molecular complexity index is 654. The average molecular weight is 441 g/mol. The molecule has 10 heteroatoms. The molecule has 2 aromatic rings. The largest absolute Gasteiger partial charge is 0.573 e. The summed E-state index contributed by atoms with van der Waals surface area (Å²) in [5, 5.41) is 6.77. The molecule has 6 nitrogen and oxygen atoms in total. The van der Waals surface area contributed by atoms with Crippen LogP contribution in [0.3, 0.4) is 0 Å². The first-order valence-corrected chi connectivity index (χ1v) is 6.22. The van der Waals surface area contributed by atoms with Crippen molar-refractivity contribution in [2.45, 2.75) is 12.9 Å². The highest BCUT2D eigenvalue weighted by atomic mass is 127. The fourth-order valence-electron chi connectivity index (χ4n) is 1.66. The number of guanidine groups is 1. The summed E-state index contributed by atoms with van der Waals surface area (Å²) >= 11 is 0. The summed E-state index contributed by atoms with van der Waals surface area (Å²) in [5.41, 5.74) is 7.09. The third-order valence-electron chi connectivity index (χ3n) is 2.55. The summed E-state index contributed by atoms with van der Waals surface area (Å²) in [4.78, 5) is 4.10. The van der Waals surface area contributed by atoms with Crippen LogP contribution in [0.25, 0.3) is 0 Å². The van der Waals surface area contributed by atoms with Crippen LogP contribution in [0.2, 0.25) is 0 Å². The predicted octanol–water partition coefficient (Wildman–Crippen LogP) is 2.86. The second-order valence-corrected chi connectivity index (χ2v) is 4.42. The van der Waals surface area contributed by atoms with Crippen molar-refractivity contribution in [3.8, 4) is 5.75 Å². The highest BCUT2D eigenvalue weighted by Crippen LogP contribution is 2.23. The Morgan fingerprint density at radius 3 is 2.52 bits per heavy atom. The van der Waals surface area contributed by atoms with Crippen molar-refractivity contribution in [2.75, 3.05) is 5.32 Å². The van der Waals surface area contributed by atoms with Crippen LogP contribution in [-0.2, 0) is 13.6 Å². The lowest BCUT2D eigenvalue weighted by Crippen LogP contribution is -2.22. The molecule has 0 fully saturated rings. The molecule has 0 spiro atoms. The number of benzene rings is 1. The minimum atomic E-state index is -4.71. The number of rotatable bonds is 4. The number of hydrogen-bond donors (Lipinski definition) is 2. The summed E-state index contributed by atoms with van der Waals surface area (Å²) in [7, 11) is 1.79. The SMILES string of the molecule is Cn1cc(CN=C(N)Nc2ccc(OC(F)(F)F)cc2)cn1.I. The average Bonchev–Trinajstić information content (AvgIpc) is 2.83. The van der Waals surface area contributed by atoms with E-state index in [0.717, 1.165) is 5.56 Å². The number of aryl methyl sites for hydroxylation is 1. The molecule has 0 aliphatic rings. The van der Waals surface area contributed by atoms with Crippen molar-refractivity contribution in [1.29, 1.82) is 0 Å². The van der Waals surface area contributed by atoms with Gasteiger partial charge in [0.1, 0.15) is 5.75 Å². The highest BCUT2D eigenvalue weighted by Gasteiger charge is 2.30. The van der Waals surface area contributed by atoms with Gasteiger partial charge in [0.25, 0.3) is 0 Å². The molecule has 1 aromatic heterocycles. The first-order valence-electron chi connectivity index (χ1n) is 6.22. The molecular weight excluding hydrogens is 426 g/mol. The fourth-order valence-corrected chi connectivity index (χ4v) is 1.66. The van der Waals surface area contributed by atoms with E-state index in [2.05, 4.69) is 20.1 Å². The number of nitrogens with zero attached hydrogens (tertiary/aromatic N) is 3. The second kappa shape index (κ2) is 8.04. The topological polar surface area (TPSA) is 77.5 Å². The lowest BCUT2D eigenvalue weighted by molar-refractivity contribution is -0.274. The molecule has 0 unspecified atom stereocenters. The molecule has 0 aliphatic carbocycles. The first kappa shape index (κ1) is 19.1. The van der Waals surface area contributed by atoms with Gasteiger partial charge in [-0.1, -0.05) is 0 Å². The Balaban J connectivity index is 0.00000264. The summed E-state index contributed by atoms with van der Waals surface area (Å²) < 4.78 is 41.5. The van der Waals surface area contributed by atoms with Crippen LogP contribution in [0.1, 0.15) is 5.56 Å². The van der Waals surface area contributed by atoms with Gasteiger partial charge >= 0.3 is 6.36 Å². The van der Waals surface area contributed by atoms with E-state index in [1.165, 1.54) is 24.3 Å². The van der Waals surface area contributed by atoms with Gasteiger partial charge in [-0.05, 0) is 24.3 Å². The van der Waals surface area contributed by atoms with Crippen LogP contribution in [0.15, 0.2) is 41.7 Å². The van der Waals surface area contributed by atoms with Crippen molar-refractivity contribution < 1.29 is 17.9 Å². The summed E-state index contributed by atoms with van der Waals surface area (Å²) in [5.74, 6) is -0.155. The first-order chi connectivity index (χ1) is 10.3. The molecule has 0 amide bonds. The van der Waals surface area contributed by atoms with Gasteiger partial charge in [0.15, 0.2) is 5.96 Å². The lowest BCUT2D eigenvalue weighted by atomic mass is 10.3. The summed E-state index contributed by atoms with van der Waals surface area (Å²) in [6.45, 7) is 0.349. The predicted molar refractivity (Wildman–Crippen MR) is 90.7 cm³/mol. The number of ether oxygens (including phenoxy) is 1. The lowest BCUT2D eigenvalue weighted by Gasteiger charge is -2.10. The molecule has 0 saturated heterocycles. The van der Waals surface area contributed by atoms with Gasteiger partial charge in [-0.15, -0.1) is 37.1 Å². The number of aromatic nitrogens is 2. The van der Waals surface area contributed by atoms with E-state index in [-0.39, 0.29) is 35.7 Å². The minimum absolute atomic E-state index is 0. The molecule has 23 heavy (non-hydrogen) atoms. The fraction of sp³-hybridized carbons (Fsp3) is 0.231.